The van der Waals surface area contributed by atoms with Crippen LogP contribution in [0.5, 0.6) is 0 Å². The highest BCUT2D eigenvalue weighted by Crippen LogP contribution is 2.32. The van der Waals surface area contributed by atoms with Gasteiger partial charge >= 0.3 is 0 Å². The van der Waals surface area contributed by atoms with Gasteiger partial charge in [0, 0.05) is 6.04 Å². The first-order valence-electron chi connectivity index (χ1n) is 6.14. The SMILES string of the molecule is C[C@@H](N[Si](C)(C)[C]1[CH][CH][CH][CH]1)c1ccccc1. The van der Waals surface area contributed by atoms with E-state index in [2.05, 4.69) is 81.0 Å². The molecule has 1 aromatic rings. The summed E-state index contributed by atoms with van der Waals surface area (Å²) in [7, 11) is -1.52. The van der Waals surface area contributed by atoms with E-state index in [0.717, 1.165) is 0 Å². The Bertz CT molecular complexity index is 341. The molecule has 0 heterocycles. The lowest BCUT2D eigenvalue weighted by Crippen LogP contribution is -2.51. The minimum Gasteiger partial charge on any atom is -0.331 e. The summed E-state index contributed by atoms with van der Waals surface area (Å²) < 4.78 is 0. The molecule has 0 saturated heterocycles. The molecule has 1 N–H and O–H groups in total. The fraction of sp³-hybridized carbons (Fsp3) is 0.267. The van der Waals surface area contributed by atoms with Crippen molar-refractivity contribution in [3.8, 4) is 0 Å². The summed E-state index contributed by atoms with van der Waals surface area (Å²) in [5, 5.41) is 0. The van der Waals surface area contributed by atoms with Crippen LogP contribution in [0.2, 0.25) is 13.1 Å². The predicted molar refractivity (Wildman–Crippen MR) is 75.9 cm³/mol. The summed E-state index contributed by atoms with van der Waals surface area (Å²) in [4.78, 5) is 3.81. The zero-order valence-corrected chi connectivity index (χ0v) is 11.8. The maximum atomic E-state index is 3.81. The third-order valence-electron chi connectivity index (χ3n) is 3.26. The Morgan fingerprint density at radius 1 is 1.00 bits per heavy atom. The van der Waals surface area contributed by atoms with Crippen molar-refractivity contribution < 1.29 is 0 Å². The van der Waals surface area contributed by atoms with Crippen LogP contribution in [0.3, 0.4) is 0 Å². The molecule has 89 valence electrons. The standard InChI is InChI=1S/C15H20NSi/c1-13(14-9-5-4-6-10-14)16-17(2,3)15-11-7-8-12-15/h4-13,16H,1-3H3/t13-/m1/s1. The molecule has 1 aliphatic carbocycles. The molecule has 1 atom stereocenters. The molecule has 1 aliphatic rings. The van der Waals surface area contributed by atoms with Crippen molar-refractivity contribution >= 4 is 8.24 Å². The van der Waals surface area contributed by atoms with Crippen LogP contribution >= 0.6 is 0 Å². The van der Waals surface area contributed by atoms with Crippen molar-refractivity contribution in [2.75, 3.05) is 0 Å². The summed E-state index contributed by atoms with van der Waals surface area (Å²) in [6.45, 7) is 6.97. The van der Waals surface area contributed by atoms with Crippen molar-refractivity contribution in [1.29, 1.82) is 0 Å². The van der Waals surface area contributed by atoms with E-state index >= 15 is 0 Å². The highest BCUT2D eigenvalue weighted by atomic mass is 28.3. The maximum Gasteiger partial charge on any atom is 0.127 e. The van der Waals surface area contributed by atoms with Gasteiger partial charge in [-0.05, 0) is 43.7 Å². The Balaban J connectivity index is 2.00. The van der Waals surface area contributed by atoms with Crippen molar-refractivity contribution in [3.63, 3.8) is 0 Å². The van der Waals surface area contributed by atoms with Crippen LogP contribution in [0.1, 0.15) is 18.5 Å². The van der Waals surface area contributed by atoms with Gasteiger partial charge in [0.2, 0.25) is 0 Å². The van der Waals surface area contributed by atoms with E-state index < -0.39 is 8.24 Å². The molecular weight excluding hydrogens is 222 g/mol. The van der Waals surface area contributed by atoms with Gasteiger partial charge in [-0.25, -0.2) is 0 Å². The summed E-state index contributed by atoms with van der Waals surface area (Å²) in [6, 6.07) is 11.1. The molecular formula is C15H20NSi. The molecule has 1 saturated carbocycles. The maximum absolute atomic E-state index is 3.81. The minimum absolute atomic E-state index is 0.410. The van der Waals surface area contributed by atoms with Gasteiger partial charge in [0.15, 0.2) is 0 Å². The highest BCUT2D eigenvalue weighted by Gasteiger charge is 2.36. The smallest absolute Gasteiger partial charge is 0.127 e. The third-order valence-corrected chi connectivity index (χ3v) is 6.19. The van der Waals surface area contributed by atoms with Gasteiger partial charge in [-0.3, -0.25) is 0 Å². The Hall–Kier alpha value is -0.603. The average molecular weight is 242 g/mol. The average Bonchev–Trinajstić information content (AvgIpc) is 2.84. The van der Waals surface area contributed by atoms with Crippen molar-refractivity contribution in [2.24, 2.45) is 0 Å². The second kappa shape index (κ2) is 5.36. The van der Waals surface area contributed by atoms with Gasteiger partial charge in [-0.2, -0.15) is 0 Å². The molecule has 2 heteroatoms. The Morgan fingerprint density at radius 3 is 2.18 bits per heavy atom. The van der Waals surface area contributed by atoms with Crippen LogP contribution in [0.25, 0.3) is 0 Å². The Morgan fingerprint density at radius 2 is 1.59 bits per heavy atom. The van der Waals surface area contributed by atoms with Crippen LogP contribution in [0.4, 0.5) is 0 Å². The van der Waals surface area contributed by atoms with Crippen LogP contribution < -0.4 is 4.98 Å². The van der Waals surface area contributed by atoms with E-state index in [1.165, 1.54) is 11.1 Å². The van der Waals surface area contributed by atoms with Gasteiger partial charge in [-0.1, -0.05) is 43.4 Å². The van der Waals surface area contributed by atoms with E-state index in [1.807, 2.05) is 0 Å². The Labute approximate surface area is 107 Å². The van der Waals surface area contributed by atoms with Gasteiger partial charge < -0.3 is 4.98 Å². The number of hydrogen-bond donors (Lipinski definition) is 1. The van der Waals surface area contributed by atoms with Crippen LogP contribution in [0, 0.1) is 31.2 Å². The molecule has 1 fully saturated rings. The largest absolute Gasteiger partial charge is 0.331 e. The molecule has 1 aromatic carbocycles. The van der Waals surface area contributed by atoms with Gasteiger partial charge in [0.05, 0.1) is 0 Å². The first-order valence-corrected chi connectivity index (χ1v) is 9.14. The van der Waals surface area contributed by atoms with Gasteiger partial charge in [-0.15, -0.1) is 0 Å². The van der Waals surface area contributed by atoms with E-state index in [0.29, 0.717) is 6.04 Å². The molecule has 17 heavy (non-hydrogen) atoms. The van der Waals surface area contributed by atoms with Crippen LogP contribution in [-0.2, 0) is 0 Å². The highest BCUT2D eigenvalue weighted by molar-refractivity contribution is 6.81. The molecule has 0 bridgehead atoms. The van der Waals surface area contributed by atoms with Gasteiger partial charge in [0.1, 0.15) is 8.24 Å². The first-order chi connectivity index (χ1) is 8.09. The summed E-state index contributed by atoms with van der Waals surface area (Å²) >= 11 is 0. The fourth-order valence-corrected chi connectivity index (χ4v) is 4.68. The third kappa shape index (κ3) is 3.20. The lowest BCUT2D eigenvalue weighted by Gasteiger charge is -2.33. The predicted octanol–water partition coefficient (Wildman–Crippen LogP) is 3.49. The molecule has 0 aromatic heterocycles. The molecule has 0 amide bonds. The summed E-state index contributed by atoms with van der Waals surface area (Å²) in [6.07, 6.45) is 8.71. The summed E-state index contributed by atoms with van der Waals surface area (Å²) in [5.74, 6) is 0. The molecule has 2 rings (SSSR count). The van der Waals surface area contributed by atoms with Gasteiger partial charge in [0.25, 0.3) is 0 Å². The van der Waals surface area contributed by atoms with E-state index in [9.17, 15) is 0 Å². The number of rotatable bonds is 4. The normalized spacial score (nSPS) is 19.5. The molecule has 5 radical (unpaired) electrons. The second-order valence-electron chi connectivity index (χ2n) is 5.08. The molecule has 0 aliphatic heterocycles. The van der Waals surface area contributed by atoms with Crippen LogP contribution in [0.15, 0.2) is 30.3 Å². The topological polar surface area (TPSA) is 12.0 Å². The van der Waals surface area contributed by atoms with E-state index in [1.54, 1.807) is 0 Å². The molecule has 0 unspecified atom stereocenters. The lowest BCUT2D eigenvalue weighted by molar-refractivity contribution is 0.716. The van der Waals surface area contributed by atoms with E-state index in [-0.39, 0.29) is 0 Å². The minimum atomic E-state index is -1.52. The van der Waals surface area contributed by atoms with E-state index in [4.69, 9.17) is 0 Å². The molecule has 1 nitrogen and oxygen atoms in total. The zero-order valence-electron chi connectivity index (χ0n) is 10.8. The first kappa shape index (κ1) is 12.8. The fourth-order valence-electron chi connectivity index (χ4n) is 2.24. The summed E-state index contributed by atoms with van der Waals surface area (Å²) in [5.41, 5.74) is 2.83. The van der Waals surface area contributed by atoms with Crippen molar-refractivity contribution in [3.05, 3.63) is 67.1 Å². The van der Waals surface area contributed by atoms with Crippen LogP contribution in [-0.4, -0.2) is 8.24 Å². The number of hydrogen-bond acceptors (Lipinski definition) is 1. The number of benzene rings is 1. The van der Waals surface area contributed by atoms with Crippen molar-refractivity contribution in [2.45, 2.75) is 26.1 Å². The second-order valence-corrected chi connectivity index (χ2v) is 9.19. The molecule has 0 spiro atoms. The zero-order chi connectivity index (χ0) is 12.3. The van der Waals surface area contributed by atoms with Crippen molar-refractivity contribution in [1.82, 2.24) is 4.98 Å². The lowest BCUT2D eigenvalue weighted by atomic mass is 10.1. The quantitative estimate of drug-likeness (QED) is 0.797. The Kier molecular flexibility index (Phi) is 4.05. The monoisotopic (exact) mass is 242 g/mol. The number of nitrogens with one attached hydrogen (secondary N) is 1.